The van der Waals surface area contributed by atoms with Crippen LogP contribution in [-0.4, -0.2) is 110 Å². The molecule has 2 atom stereocenters. The van der Waals surface area contributed by atoms with Crippen LogP contribution in [0.1, 0.15) is 36.4 Å². The molecule has 5 heterocycles. The Bertz CT molecular complexity index is 2310. The summed E-state index contributed by atoms with van der Waals surface area (Å²) in [6.07, 6.45) is -4.51. The first-order chi connectivity index (χ1) is 26.1. The third kappa shape index (κ3) is 8.44. The average molecular weight is 814 g/mol. The molecular formula is C35H35ClF7N9O4. The highest BCUT2D eigenvalue weighted by atomic mass is 35.5. The third-order valence-electron chi connectivity index (χ3n) is 9.74. The van der Waals surface area contributed by atoms with Crippen molar-refractivity contribution < 1.29 is 50.5 Å². The molecule has 3 aromatic heterocycles. The van der Waals surface area contributed by atoms with E-state index in [1.165, 1.54) is 0 Å². The standard InChI is InChI=1S/C31H33ClFN9.2C2HF3O2/c1-16-9-25-22(12-36-39-25)26(17(16)2)27-24(32)11-21-29(28(27)33)38-31(41-14-20(15-41)40(3)4)23-13-37-42(30(21)23)19-6-8-35-18(10-19)5-7-34;2*3-2(4,5)1(6)7/h9,11-13,18-20,35H,5-6,8,10,14-15H2,1-4H3,(H,36,39);2*(H,6,7)/t18-,19+;;/m1../s1. The lowest BCUT2D eigenvalue weighted by atomic mass is 9.92. The zero-order valence-electron chi connectivity index (χ0n) is 30.1. The van der Waals surface area contributed by atoms with E-state index in [9.17, 15) is 31.6 Å². The summed E-state index contributed by atoms with van der Waals surface area (Å²) in [5.74, 6) is -5.21. The monoisotopic (exact) mass is 813 g/mol. The molecule has 4 N–H and O–H groups in total. The van der Waals surface area contributed by atoms with Crippen molar-refractivity contribution in [1.29, 1.82) is 5.26 Å². The van der Waals surface area contributed by atoms with E-state index >= 15 is 4.39 Å². The summed E-state index contributed by atoms with van der Waals surface area (Å²) >= 11 is 7.01. The number of rotatable bonds is 5. The molecule has 2 aliphatic heterocycles. The number of aromatic nitrogens is 5. The van der Waals surface area contributed by atoms with Gasteiger partial charge < -0.3 is 25.3 Å². The van der Waals surface area contributed by atoms with Crippen molar-refractivity contribution in [3.63, 3.8) is 0 Å². The Balaban J connectivity index is 0.000000367. The molecule has 0 amide bonds. The normalized spacial score (nSPS) is 17.6. The number of pyridine rings is 1. The van der Waals surface area contributed by atoms with Gasteiger partial charge in [0.1, 0.15) is 11.3 Å². The number of aryl methyl sites for hydroxylation is 1. The molecule has 56 heavy (non-hydrogen) atoms. The smallest absolute Gasteiger partial charge is 0.475 e. The number of carbonyl (C=O) groups is 2. The number of benzene rings is 2. The second-order valence-corrected chi connectivity index (χ2v) is 14.0. The molecule has 2 fully saturated rings. The lowest BCUT2D eigenvalue weighted by Gasteiger charge is -2.43. The van der Waals surface area contributed by atoms with Crippen molar-refractivity contribution in [1.82, 2.24) is 35.2 Å². The summed E-state index contributed by atoms with van der Waals surface area (Å²) in [6, 6.07) is 6.73. The molecule has 5 aromatic rings. The minimum absolute atomic E-state index is 0.0672. The number of carboxylic acid groups (broad SMARTS) is 2. The quantitative estimate of drug-likeness (QED) is 0.138. The van der Waals surface area contributed by atoms with E-state index in [2.05, 4.69) is 45.5 Å². The minimum atomic E-state index is -5.08. The van der Waals surface area contributed by atoms with Crippen molar-refractivity contribution in [2.75, 3.05) is 38.6 Å². The number of H-pyrrole nitrogens is 1. The molecular weight excluding hydrogens is 779 g/mol. The predicted molar refractivity (Wildman–Crippen MR) is 192 cm³/mol. The first-order valence-corrected chi connectivity index (χ1v) is 17.3. The van der Waals surface area contributed by atoms with Gasteiger partial charge >= 0.3 is 24.3 Å². The first kappa shape index (κ1) is 41.9. The zero-order chi connectivity index (χ0) is 41.4. The van der Waals surface area contributed by atoms with E-state index in [1.807, 2.05) is 36.9 Å². The van der Waals surface area contributed by atoms with Crippen molar-refractivity contribution in [3.05, 3.63) is 46.5 Å². The molecule has 0 saturated carbocycles. The highest BCUT2D eigenvalue weighted by molar-refractivity contribution is 6.35. The number of nitrogens with zero attached hydrogens (tertiary/aromatic N) is 7. The second-order valence-electron chi connectivity index (χ2n) is 13.6. The molecule has 2 saturated heterocycles. The molecule has 21 heteroatoms. The SMILES string of the molecule is Cc1cc2[nH]ncc2c(-c2c(Cl)cc3c(nc(N4CC(N(C)C)C4)c4cnn([C@H]5CCN[C@H](CC#N)C5)c43)c2F)c1C.O=C(O)C(F)(F)F.O=C(O)C(F)(F)F. The first-order valence-electron chi connectivity index (χ1n) is 16.9. The molecule has 0 aliphatic carbocycles. The summed E-state index contributed by atoms with van der Waals surface area (Å²) in [7, 11) is 4.15. The van der Waals surface area contributed by atoms with Crippen LogP contribution < -0.4 is 10.2 Å². The van der Waals surface area contributed by atoms with Crippen LogP contribution in [-0.2, 0) is 9.59 Å². The predicted octanol–water partition coefficient (Wildman–Crippen LogP) is 6.76. The van der Waals surface area contributed by atoms with Crippen LogP contribution in [0.2, 0.25) is 5.02 Å². The number of hydrogen-bond acceptors (Lipinski definition) is 9. The molecule has 2 aliphatic rings. The van der Waals surface area contributed by atoms with E-state index in [0.717, 1.165) is 76.8 Å². The topological polar surface area (TPSA) is 176 Å². The van der Waals surface area contributed by atoms with E-state index in [4.69, 9.17) is 41.5 Å². The van der Waals surface area contributed by atoms with Gasteiger partial charge in [0.15, 0.2) is 5.82 Å². The summed E-state index contributed by atoms with van der Waals surface area (Å²) in [5, 5.41) is 41.8. The van der Waals surface area contributed by atoms with Crippen LogP contribution in [0.15, 0.2) is 24.5 Å². The maximum Gasteiger partial charge on any atom is 0.490 e. The van der Waals surface area contributed by atoms with Crippen molar-refractivity contribution in [2.24, 2.45) is 0 Å². The Hall–Kier alpha value is -5.26. The van der Waals surface area contributed by atoms with Crippen LogP contribution in [0.5, 0.6) is 0 Å². The molecule has 300 valence electrons. The molecule has 2 aromatic carbocycles. The Kier molecular flexibility index (Phi) is 12.0. The Morgan fingerprint density at radius 3 is 2.21 bits per heavy atom. The van der Waals surface area contributed by atoms with E-state index in [0.29, 0.717) is 28.4 Å². The number of fused-ring (bicyclic) bond motifs is 4. The number of halogens is 8. The average Bonchev–Trinajstić information content (AvgIpc) is 3.74. The van der Waals surface area contributed by atoms with Gasteiger partial charge in [-0.05, 0) is 70.6 Å². The summed E-state index contributed by atoms with van der Waals surface area (Å²) < 4.78 is 82.5. The van der Waals surface area contributed by atoms with Gasteiger partial charge in [-0.2, -0.15) is 41.8 Å². The number of piperidine rings is 1. The second kappa shape index (κ2) is 16.1. The van der Waals surface area contributed by atoms with Crippen molar-refractivity contribution in [3.8, 4) is 17.2 Å². The van der Waals surface area contributed by atoms with Crippen LogP contribution in [0.3, 0.4) is 0 Å². The van der Waals surface area contributed by atoms with Gasteiger partial charge in [-0.1, -0.05) is 11.6 Å². The minimum Gasteiger partial charge on any atom is -0.475 e. The number of hydrogen-bond donors (Lipinski definition) is 4. The van der Waals surface area contributed by atoms with Gasteiger partial charge in [-0.25, -0.2) is 19.0 Å². The van der Waals surface area contributed by atoms with Gasteiger partial charge in [0.25, 0.3) is 0 Å². The summed E-state index contributed by atoms with van der Waals surface area (Å²) in [6.45, 7) is 6.39. The van der Waals surface area contributed by atoms with Gasteiger partial charge in [0.05, 0.1) is 52.4 Å². The van der Waals surface area contributed by atoms with E-state index in [1.54, 1.807) is 6.20 Å². The zero-order valence-corrected chi connectivity index (χ0v) is 30.9. The fourth-order valence-corrected chi connectivity index (χ4v) is 6.97. The maximum atomic E-state index is 17.0. The van der Waals surface area contributed by atoms with Gasteiger partial charge in [-0.15, -0.1) is 0 Å². The van der Waals surface area contributed by atoms with Gasteiger partial charge in [-0.3, -0.25) is 9.78 Å². The molecule has 7 rings (SSSR count). The Morgan fingerprint density at radius 2 is 1.64 bits per heavy atom. The largest absolute Gasteiger partial charge is 0.490 e. The lowest BCUT2D eigenvalue weighted by molar-refractivity contribution is -0.193. The van der Waals surface area contributed by atoms with Crippen LogP contribution >= 0.6 is 11.6 Å². The maximum absolute atomic E-state index is 17.0. The fraction of sp³-hybridized carbons (Fsp3) is 0.429. The highest BCUT2D eigenvalue weighted by Crippen LogP contribution is 2.45. The van der Waals surface area contributed by atoms with Crippen LogP contribution in [0, 0.1) is 31.0 Å². The number of aliphatic carboxylic acids is 2. The Morgan fingerprint density at radius 1 is 1.02 bits per heavy atom. The van der Waals surface area contributed by atoms with Crippen molar-refractivity contribution >= 4 is 62.1 Å². The number of nitriles is 1. The Labute approximate surface area is 318 Å². The van der Waals surface area contributed by atoms with E-state index in [-0.39, 0.29) is 17.6 Å². The number of carboxylic acids is 2. The number of anilines is 1. The van der Waals surface area contributed by atoms with E-state index < -0.39 is 30.1 Å². The molecule has 0 radical (unpaired) electrons. The van der Waals surface area contributed by atoms with Gasteiger partial charge in [0, 0.05) is 47.1 Å². The summed E-state index contributed by atoms with van der Waals surface area (Å²) in [5.41, 5.74) is 5.00. The number of alkyl halides is 6. The highest BCUT2D eigenvalue weighted by Gasteiger charge is 2.39. The van der Waals surface area contributed by atoms with Crippen molar-refractivity contribution in [2.45, 2.75) is 63.6 Å². The van der Waals surface area contributed by atoms with Crippen LogP contribution in [0.4, 0.5) is 36.6 Å². The number of likely N-dealkylation sites (N-methyl/N-ethyl adjacent to an activating group) is 1. The molecule has 0 bridgehead atoms. The molecule has 13 nitrogen and oxygen atoms in total. The number of aromatic amines is 1. The fourth-order valence-electron chi connectivity index (χ4n) is 6.68. The lowest BCUT2D eigenvalue weighted by Crippen LogP contribution is -2.57. The van der Waals surface area contributed by atoms with Gasteiger partial charge in [0.2, 0.25) is 0 Å². The molecule has 0 spiro atoms. The van der Waals surface area contributed by atoms with Crippen LogP contribution in [0.25, 0.3) is 43.8 Å². The number of nitrogens with one attached hydrogen (secondary N) is 2. The molecule has 0 unspecified atom stereocenters. The summed E-state index contributed by atoms with van der Waals surface area (Å²) in [4.78, 5) is 27.2. The third-order valence-corrected chi connectivity index (χ3v) is 10.0.